The highest BCUT2D eigenvalue weighted by Crippen LogP contribution is 2.46. The van der Waals surface area contributed by atoms with Crippen molar-refractivity contribution in [2.45, 2.75) is 56.4 Å². The molecule has 2 aromatic rings. The van der Waals surface area contributed by atoms with E-state index >= 15 is 0 Å². The van der Waals surface area contributed by atoms with Gasteiger partial charge in [0.15, 0.2) is 11.6 Å². The van der Waals surface area contributed by atoms with E-state index < -0.39 is 35.8 Å². The molecule has 222 valence electrons. The lowest BCUT2D eigenvalue weighted by molar-refractivity contribution is -0.166. The molecule has 3 unspecified atom stereocenters. The molecular weight excluding hydrogens is 540 g/mol. The highest BCUT2D eigenvalue weighted by atomic mass is 16.6. The molecule has 6 rings (SSSR count). The van der Waals surface area contributed by atoms with Crippen molar-refractivity contribution in [1.82, 2.24) is 31.2 Å². The van der Waals surface area contributed by atoms with Gasteiger partial charge in [0.1, 0.15) is 11.5 Å². The van der Waals surface area contributed by atoms with Crippen molar-refractivity contribution in [1.29, 1.82) is 10.8 Å². The van der Waals surface area contributed by atoms with Crippen LogP contribution in [-0.2, 0) is 5.41 Å². The maximum atomic E-state index is 13.7. The number of fused-ring (bicyclic) bond motifs is 1. The third-order valence-electron chi connectivity index (χ3n) is 9.08. The second-order valence-electron chi connectivity index (χ2n) is 11.9. The van der Waals surface area contributed by atoms with Crippen LogP contribution < -0.4 is 30.7 Å². The fourth-order valence-corrected chi connectivity index (χ4v) is 6.79. The number of carbonyl (C=O) groups excluding carboxylic acids is 2. The topological polar surface area (TPSA) is 175 Å². The summed E-state index contributed by atoms with van der Waals surface area (Å²) in [6.45, 7) is 6.95. The van der Waals surface area contributed by atoms with Crippen LogP contribution in [0.15, 0.2) is 48.5 Å². The molecule has 2 aromatic carbocycles. The zero-order valence-electron chi connectivity index (χ0n) is 23.7. The van der Waals surface area contributed by atoms with E-state index in [4.69, 9.17) is 20.3 Å². The van der Waals surface area contributed by atoms with Crippen LogP contribution in [0.5, 0.6) is 11.5 Å². The Morgan fingerprint density at radius 1 is 1.12 bits per heavy atom. The summed E-state index contributed by atoms with van der Waals surface area (Å²) >= 11 is 0. The van der Waals surface area contributed by atoms with Gasteiger partial charge in [-0.15, -0.1) is 0 Å². The van der Waals surface area contributed by atoms with Crippen molar-refractivity contribution in [3.05, 3.63) is 59.7 Å². The third-order valence-corrected chi connectivity index (χ3v) is 9.08. The number of benzene rings is 2. The second-order valence-corrected chi connectivity index (χ2v) is 11.9. The summed E-state index contributed by atoms with van der Waals surface area (Å²) in [5.41, 5.74) is 0.0413. The van der Waals surface area contributed by atoms with Gasteiger partial charge in [-0.1, -0.05) is 51.1 Å². The normalized spacial score (nSPS) is 28.9. The van der Waals surface area contributed by atoms with Gasteiger partial charge >= 0.3 is 6.09 Å². The lowest BCUT2D eigenvalue weighted by Gasteiger charge is -2.51. The van der Waals surface area contributed by atoms with E-state index in [1.165, 1.54) is 0 Å². The Morgan fingerprint density at radius 3 is 2.64 bits per heavy atom. The van der Waals surface area contributed by atoms with Gasteiger partial charge in [0.05, 0.1) is 30.3 Å². The van der Waals surface area contributed by atoms with E-state index in [0.29, 0.717) is 23.7 Å². The molecular formula is C29H36N8O5. The molecule has 0 bridgehead atoms. The summed E-state index contributed by atoms with van der Waals surface area (Å²) in [6.07, 6.45) is 0.186. The number of nitrogens with one attached hydrogen (secondary N) is 6. The van der Waals surface area contributed by atoms with Crippen LogP contribution in [0, 0.1) is 16.7 Å². The van der Waals surface area contributed by atoms with Gasteiger partial charge in [0, 0.05) is 24.6 Å². The molecule has 0 radical (unpaired) electrons. The zero-order chi connectivity index (χ0) is 29.8. The van der Waals surface area contributed by atoms with Crippen LogP contribution >= 0.6 is 0 Å². The largest absolute Gasteiger partial charge is 0.492 e. The van der Waals surface area contributed by atoms with Gasteiger partial charge in [-0.25, -0.2) is 4.79 Å². The van der Waals surface area contributed by atoms with Crippen molar-refractivity contribution >= 4 is 23.9 Å². The Morgan fingerprint density at radius 2 is 1.88 bits per heavy atom. The first-order valence-electron chi connectivity index (χ1n) is 14.1. The van der Waals surface area contributed by atoms with Crippen molar-refractivity contribution in [2.24, 2.45) is 5.92 Å². The number of guanidine groups is 2. The zero-order valence-corrected chi connectivity index (χ0v) is 23.7. The van der Waals surface area contributed by atoms with E-state index in [1.54, 1.807) is 35.2 Å². The van der Waals surface area contributed by atoms with E-state index in [9.17, 15) is 14.8 Å². The molecule has 4 aliphatic heterocycles. The number of hydroxylamine groups is 2. The van der Waals surface area contributed by atoms with Gasteiger partial charge in [-0.2, -0.15) is 5.06 Å². The number of carbonyl (C=O) groups is 2. The summed E-state index contributed by atoms with van der Waals surface area (Å²) in [4.78, 5) is 27.8. The van der Waals surface area contributed by atoms with Crippen molar-refractivity contribution in [2.75, 3.05) is 19.7 Å². The first kappa shape index (κ1) is 27.6. The highest BCUT2D eigenvalue weighted by Gasteiger charge is 2.69. The molecule has 7 N–H and O–H groups in total. The standard InChI is InChI=1S/C29H36N8O5/c1-16-21(33-24(38)18-10-7-11-19-22(18)41-13-12-28(19,2)3)15-36-25(30)34-20(23-29(16,36)37(40)26(31)35-23)14-32-27(39)42-17-8-5-4-6-9-17/h4-11,16,20-21,23,40H,12-15H2,1-3H3,(H2,30,34)(H2,31,35)(H,32,39)(H,33,38)/t16?,20-,21-,23?,29?/m0/s1. The Bertz CT molecular complexity index is 1430. The molecule has 4 aliphatic rings. The van der Waals surface area contributed by atoms with Gasteiger partial charge in [0.2, 0.25) is 5.96 Å². The van der Waals surface area contributed by atoms with E-state index in [0.717, 1.165) is 17.0 Å². The SMILES string of the molecule is CC1[C@@H](NC(=O)c2cccc3c2OCCC3(C)C)CN2C(=N)N[C@@H](CNC(=O)Oc3ccccc3)C3NC(=N)N(O)C132. The second kappa shape index (κ2) is 10.1. The van der Waals surface area contributed by atoms with E-state index in [1.807, 2.05) is 25.1 Å². The smallest absolute Gasteiger partial charge is 0.412 e. The van der Waals surface area contributed by atoms with Crippen LogP contribution in [0.4, 0.5) is 4.79 Å². The maximum absolute atomic E-state index is 13.7. The Kier molecular flexibility index (Phi) is 6.64. The predicted molar refractivity (Wildman–Crippen MR) is 153 cm³/mol. The number of amides is 2. The quantitative estimate of drug-likeness (QED) is 0.280. The molecule has 3 saturated heterocycles. The Balaban J connectivity index is 1.22. The number of nitrogens with zero attached hydrogens (tertiary/aromatic N) is 2. The van der Waals surface area contributed by atoms with Gasteiger partial charge < -0.3 is 35.6 Å². The minimum Gasteiger partial charge on any atom is -0.492 e. The summed E-state index contributed by atoms with van der Waals surface area (Å²) < 4.78 is 11.3. The molecule has 5 atom stereocenters. The molecule has 13 nitrogen and oxygen atoms in total. The average Bonchev–Trinajstić information content (AvgIpc) is 3.40. The van der Waals surface area contributed by atoms with Crippen molar-refractivity contribution in [3.63, 3.8) is 0 Å². The third kappa shape index (κ3) is 4.26. The average molecular weight is 577 g/mol. The van der Waals surface area contributed by atoms with Gasteiger partial charge in [-0.3, -0.25) is 20.8 Å². The summed E-state index contributed by atoms with van der Waals surface area (Å²) in [7, 11) is 0. The van der Waals surface area contributed by atoms with Crippen LogP contribution in [0.1, 0.15) is 43.1 Å². The van der Waals surface area contributed by atoms with Crippen LogP contribution in [0.2, 0.25) is 0 Å². The molecule has 0 saturated carbocycles. The first-order chi connectivity index (χ1) is 20.0. The number of rotatable bonds is 5. The van der Waals surface area contributed by atoms with Gasteiger partial charge in [-0.05, 0) is 30.0 Å². The molecule has 42 heavy (non-hydrogen) atoms. The van der Waals surface area contributed by atoms with Crippen molar-refractivity contribution in [3.8, 4) is 11.5 Å². The number of para-hydroxylation sites is 2. The fourth-order valence-electron chi connectivity index (χ4n) is 6.79. The van der Waals surface area contributed by atoms with Crippen LogP contribution in [-0.4, -0.2) is 82.6 Å². The Labute approximate surface area is 243 Å². The molecule has 4 heterocycles. The van der Waals surface area contributed by atoms with Crippen LogP contribution in [0.25, 0.3) is 0 Å². The molecule has 0 aliphatic carbocycles. The summed E-state index contributed by atoms with van der Waals surface area (Å²) in [5.74, 6) is 0.00869. The number of hydrogen-bond acceptors (Lipinski definition) is 7. The summed E-state index contributed by atoms with van der Waals surface area (Å²) in [5, 5.41) is 41.3. The first-order valence-corrected chi connectivity index (χ1v) is 14.1. The lowest BCUT2D eigenvalue weighted by Crippen LogP contribution is -2.76. The highest BCUT2D eigenvalue weighted by molar-refractivity contribution is 5.98. The molecule has 1 spiro atoms. The lowest BCUT2D eigenvalue weighted by atomic mass is 9.79. The fraction of sp³-hybridized carbons (Fsp3) is 0.448. The molecule has 2 amide bonds. The van der Waals surface area contributed by atoms with E-state index in [-0.39, 0.29) is 36.3 Å². The minimum atomic E-state index is -1.26. The Hall–Kier alpha value is -4.52. The monoisotopic (exact) mass is 576 g/mol. The number of hydrogen-bond donors (Lipinski definition) is 7. The minimum absolute atomic E-state index is 0.01000. The molecule has 3 fully saturated rings. The van der Waals surface area contributed by atoms with E-state index in [2.05, 4.69) is 35.1 Å². The molecule has 13 heteroatoms. The molecule has 0 aromatic heterocycles. The maximum Gasteiger partial charge on any atom is 0.412 e. The van der Waals surface area contributed by atoms with Crippen molar-refractivity contribution < 1.29 is 24.3 Å². The van der Waals surface area contributed by atoms with Crippen LogP contribution in [0.3, 0.4) is 0 Å². The summed E-state index contributed by atoms with van der Waals surface area (Å²) in [6, 6.07) is 12.6. The van der Waals surface area contributed by atoms with Gasteiger partial charge in [0.25, 0.3) is 5.91 Å². The predicted octanol–water partition coefficient (Wildman–Crippen LogP) is 1.79. The number of ether oxygens (including phenoxy) is 2.